The van der Waals surface area contributed by atoms with Crippen LogP contribution in [0.3, 0.4) is 0 Å². The number of rotatable bonds is 2. The molecule has 5 nitrogen and oxygen atoms in total. The highest BCUT2D eigenvalue weighted by Gasteiger charge is 2.22. The van der Waals surface area contributed by atoms with Gasteiger partial charge in [0, 0.05) is 13.1 Å². The van der Waals surface area contributed by atoms with Crippen LogP contribution in [0.4, 0.5) is 10.6 Å². The van der Waals surface area contributed by atoms with Crippen LogP contribution in [0.5, 0.6) is 0 Å². The zero-order valence-corrected chi connectivity index (χ0v) is 9.97. The average molecular weight is 273 g/mol. The Morgan fingerprint density at radius 2 is 2.33 bits per heavy atom. The van der Waals surface area contributed by atoms with Crippen molar-refractivity contribution in [1.29, 1.82) is 0 Å². The highest BCUT2D eigenvalue weighted by atomic mass is 35.6. The Labute approximate surface area is 101 Å². The van der Waals surface area contributed by atoms with Crippen LogP contribution in [-0.4, -0.2) is 26.3 Å². The van der Waals surface area contributed by atoms with E-state index < -0.39 is 9.89 Å². The Morgan fingerprint density at radius 3 is 2.80 bits per heavy atom. The largest absolute Gasteiger partial charge is 0.445 e. The van der Waals surface area contributed by atoms with Gasteiger partial charge in [0.2, 0.25) is 3.79 Å². The lowest BCUT2D eigenvalue weighted by atomic mass is 10.6. The standard InChI is InChI=1S/C7H8Cl3N3O2/c1-13-5(2-3-11-13)12-6(14)15-4-7(8,9)10/h2-3H,4H2,1H3,(H,12,14). The van der Waals surface area contributed by atoms with Crippen molar-refractivity contribution in [2.75, 3.05) is 11.9 Å². The summed E-state index contributed by atoms with van der Waals surface area (Å²) in [6, 6.07) is 1.61. The van der Waals surface area contributed by atoms with Crippen LogP contribution in [0.15, 0.2) is 12.3 Å². The normalized spacial score (nSPS) is 11.2. The molecular formula is C7H8Cl3N3O2. The quantitative estimate of drug-likeness (QED) is 0.841. The van der Waals surface area contributed by atoms with Crippen LogP contribution in [0, 0.1) is 0 Å². The van der Waals surface area contributed by atoms with Crippen LogP contribution in [0.25, 0.3) is 0 Å². The predicted octanol–water partition coefficient (Wildman–Crippen LogP) is 2.34. The van der Waals surface area contributed by atoms with Crippen molar-refractivity contribution < 1.29 is 9.53 Å². The van der Waals surface area contributed by atoms with Gasteiger partial charge in [0.25, 0.3) is 0 Å². The Morgan fingerprint density at radius 1 is 1.67 bits per heavy atom. The highest BCUT2D eigenvalue weighted by molar-refractivity contribution is 6.67. The van der Waals surface area contributed by atoms with Crippen LogP contribution < -0.4 is 5.32 Å². The summed E-state index contributed by atoms with van der Waals surface area (Å²) in [6.07, 6.45) is 0.829. The summed E-state index contributed by atoms with van der Waals surface area (Å²) in [4.78, 5) is 11.2. The van der Waals surface area contributed by atoms with Crippen molar-refractivity contribution in [2.24, 2.45) is 7.05 Å². The summed E-state index contributed by atoms with van der Waals surface area (Å²) in [7, 11) is 1.67. The highest BCUT2D eigenvalue weighted by Crippen LogP contribution is 2.25. The van der Waals surface area contributed by atoms with E-state index >= 15 is 0 Å². The van der Waals surface area contributed by atoms with Gasteiger partial charge in [-0.1, -0.05) is 34.8 Å². The molecule has 1 heterocycles. The number of nitrogens with zero attached hydrogens (tertiary/aromatic N) is 2. The average Bonchev–Trinajstić information content (AvgIpc) is 2.47. The maximum Gasteiger partial charge on any atom is 0.412 e. The third-order valence-corrected chi connectivity index (χ3v) is 1.75. The van der Waals surface area contributed by atoms with Gasteiger partial charge in [0.1, 0.15) is 12.4 Å². The molecule has 0 saturated heterocycles. The summed E-state index contributed by atoms with van der Waals surface area (Å²) >= 11 is 16.2. The maximum atomic E-state index is 11.2. The Kier molecular flexibility index (Phi) is 4.07. The van der Waals surface area contributed by atoms with Crippen molar-refractivity contribution in [3.8, 4) is 0 Å². The molecule has 0 radical (unpaired) electrons. The Bertz CT molecular complexity index is 347. The van der Waals surface area contributed by atoms with Gasteiger partial charge < -0.3 is 4.74 Å². The molecule has 0 atom stereocenters. The first-order valence-electron chi connectivity index (χ1n) is 3.87. The van der Waals surface area contributed by atoms with Gasteiger partial charge in [-0.15, -0.1) is 0 Å². The number of hydrogen-bond acceptors (Lipinski definition) is 3. The number of carbonyl (C=O) groups is 1. The lowest BCUT2D eigenvalue weighted by Gasteiger charge is -2.11. The first-order chi connectivity index (χ1) is 6.88. The molecule has 1 rings (SSSR count). The van der Waals surface area contributed by atoms with Gasteiger partial charge in [-0.3, -0.25) is 10.00 Å². The van der Waals surface area contributed by atoms with Crippen LogP contribution in [0.2, 0.25) is 0 Å². The zero-order chi connectivity index (χ0) is 11.5. The molecule has 8 heteroatoms. The number of aromatic nitrogens is 2. The van der Waals surface area contributed by atoms with Crippen molar-refractivity contribution in [3.63, 3.8) is 0 Å². The molecule has 0 fully saturated rings. The van der Waals surface area contributed by atoms with Gasteiger partial charge >= 0.3 is 6.09 Å². The molecule has 1 aromatic rings. The molecule has 0 aliphatic rings. The molecule has 15 heavy (non-hydrogen) atoms. The fourth-order valence-electron chi connectivity index (χ4n) is 0.785. The Hall–Kier alpha value is -0.650. The number of hydrogen-bond donors (Lipinski definition) is 1. The number of nitrogens with one attached hydrogen (secondary N) is 1. The fourth-order valence-corrected chi connectivity index (χ4v) is 0.948. The number of aryl methyl sites for hydroxylation is 1. The van der Waals surface area contributed by atoms with E-state index in [2.05, 4.69) is 15.2 Å². The van der Waals surface area contributed by atoms with Crippen molar-refractivity contribution >= 4 is 46.7 Å². The smallest absolute Gasteiger partial charge is 0.412 e. The fraction of sp³-hybridized carbons (Fsp3) is 0.429. The van der Waals surface area contributed by atoms with Crippen molar-refractivity contribution in [1.82, 2.24) is 9.78 Å². The molecule has 1 aromatic heterocycles. The maximum absolute atomic E-state index is 11.2. The molecule has 0 spiro atoms. The zero-order valence-electron chi connectivity index (χ0n) is 7.71. The van der Waals surface area contributed by atoms with E-state index in [4.69, 9.17) is 34.8 Å². The summed E-state index contributed by atoms with van der Waals surface area (Å²) in [6.45, 7) is -0.318. The number of alkyl halides is 3. The summed E-state index contributed by atoms with van der Waals surface area (Å²) in [5, 5.41) is 6.27. The van der Waals surface area contributed by atoms with E-state index in [9.17, 15) is 4.79 Å². The summed E-state index contributed by atoms with van der Waals surface area (Å²) < 4.78 is 4.51. The van der Waals surface area contributed by atoms with Gasteiger partial charge in [0.05, 0.1) is 6.20 Å². The monoisotopic (exact) mass is 271 g/mol. The van der Waals surface area contributed by atoms with E-state index in [0.717, 1.165) is 0 Å². The molecule has 0 aromatic carbocycles. The minimum atomic E-state index is -1.61. The summed E-state index contributed by atoms with van der Waals surface area (Å²) in [5.74, 6) is 0.490. The van der Waals surface area contributed by atoms with Gasteiger partial charge in [-0.2, -0.15) is 5.10 Å². The molecule has 1 amide bonds. The third kappa shape index (κ3) is 4.59. The molecule has 84 valence electrons. The van der Waals surface area contributed by atoms with Gasteiger partial charge in [-0.25, -0.2) is 4.79 Å². The lowest BCUT2D eigenvalue weighted by Crippen LogP contribution is -2.22. The number of amides is 1. The first-order valence-corrected chi connectivity index (χ1v) is 5.00. The number of ether oxygens (including phenoxy) is 1. The second kappa shape index (κ2) is 4.92. The van der Waals surface area contributed by atoms with Crippen molar-refractivity contribution in [3.05, 3.63) is 12.3 Å². The molecule has 1 N–H and O–H groups in total. The minimum absolute atomic E-state index is 0.318. The van der Waals surface area contributed by atoms with Gasteiger partial charge in [0.15, 0.2) is 0 Å². The molecule has 0 unspecified atom stereocenters. The molecule has 0 aliphatic carbocycles. The van der Waals surface area contributed by atoms with E-state index in [1.54, 1.807) is 13.1 Å². The number of anilines is 1. The van der Waals surface area contributed by atoms with E-state index in [-0.39, 0.29) is 6.61 Å². The van der Waals surface area contributed by atoms with E-state index in [1.165, 1.54) is 10.9 Å². The van der Waals surface area contributed by atoms with E-state index in [1.807, 2.05) is 0 Å². The minimum Gasteiger partial charge on any atom is -0.445 e. The predicted molar refractivity (Wildman–Crippen MR) is 58.5 cm³/mol. The lowest BCUT2D eigenvalue weighted by molar-refractivity contribution is 0.163. The van der Waals surface area contributed by atoms with Crippen LogP contribution in [-0.2, 0) is 11.8 Å². The summed E-state index contributed by atoms with van der Waals surface area (Å²) in [5.41, 5.74) is 0. The third-order valence-electron chi connectivity index (χ3n) is 1.42. The second-order valence-corrected chi connectivity index (χ2v) is 5.17. The number of halogens is 3. The molecule has 0 aliphatic heterocycles. The molecular weight excluding hydrogens is 264 g/mol. The SMILES string of the molecule is Cn1nccc1NC(=O)OCC(Cl)(Cl)Cl. The number of carbonyl (C=O) groups excluding carboxylic acids is 1. The topological polar surface area (TPSA) is 56.2 Å². The second-order valence-electron chi connectivity index (χ2n) is 2.66. The van der Waals surface area contributed by atoms with Crippen molar-refractivity contribution in [2.45, 2.75) is 3.79 Å². The van der Waals surface area contributed by atoms with Crippen LogP contribution >= 0.6 is 34.8 Å². The molecule has 0 saturated carbocycles. The van der Waals surface area contributed by atoms with Crippen LogP contribution in [0.1, 0.15) is 0 Å². The molecule has 0 bridgehead atoms. The van der Waals surface area contributed by atoms with Gasteiger partial charge in [-0.05, 0) is 0 Å². The first kappa shape index (κ1) is 12.4. The Balaban J connectivity index is 2.41. The van der Waals surface area contributed by atoms with E-state index in [0.29, 0.717) is 5.82 Å².